The number of anilines is 1. The Bertz CT molecular complexity index is 1320. The molecular weight excluding hydrogens is 429 g/mol. The molecule has 170 valence electrons. The summed E-state index contributed by atoms with van der Waals surface area (Å²) in [6.45, 7) is 2.68. The van der Waals surface area contributed by atoms with Gasteiger partial charge in [-0.1, -0.05) is 0 Å². The Morgan fingerprint density at radius 1 is 0.970 bits per heavy atom. The summed E-state index contributed by atoms with van der Waals surface area (Å²) in [5.74, 6) is 0.799. The maximum absolute atomic E-state index is 14.6. The number of cyclic esters (lactones) is 1. The Kier molecular flexibility index (Phi) is 4.72. The van der Waals surface area contributed by atoms with Crippen LogP contribution >= 0.6 is 0 Å². The van der Waals surface area contributed by atoms with Gasteiger partial charge in [0.05, 0.1) is 17.7 Å². The first-order valence-electron chi connectivity index (χ1n) is 11.0. The molecular formula is C24H22FN3O5. The van der Waals surface area contributed by atoms with Crippen molar-refractivity contribution < 1.29 is 23.4 Å². The number of benzene rings is 2. The van der Waals surface area contributed by atoms with Crippen molar-refractivity contribution >= 4 is 22.7 Å². The first-order chi connectivity index (χ1) is 16.1. The lowest BCUT2D eigenvalue weighted by Crippen LogP contribution is -2.33. The van der Waals surface area contributed by atoms with Crippen molar-refractivity contribution in [1.29, 1.82) is 0 Å². The topological polar surface area (TPSA) is 82.0 Å². The Morgan fingerprint density at radius 3 is 2.67 bits per heavy atom. The van der Waals surface area contributed by atoms with E-state index in [0.717, 1.165) is 5.39 Å². The molecule has 3 aliphatic rings. The maximum Gasteiger partial charge on any atom is 0.414 e. The molecule has 6 rings (SSSR count). The second-order valence-electron chi connectivity index (χ2n) is 8.48. The van der Waals surface area contributed by atoms with Gasteiger partial charge in [-0.05, 0) is 35.7 Å². The minimum atomic E-state index is -0.422. The van der Waals surface area contributed by atoms with Crippen LogP contribution in [0.2, 0.25) is 0 Å². The third-order valence-corrected chi connectivity index (χ3v) is 6.42. The minimum absolute atomic E-state index is 0.128. The molecule has 1 N–H and O–H groups in total. The SMILES string of the molecule is O=C1O[C@H](CNC[C@H]2Cn3c(=O)ccc4ccc(F)c2c43)CN1c1ccc2c(c1)OCCO2. The molecule has 3 aliphatic heterocycles. The molecule has 0 saturated carbocycles. The summed E-state index contributed by atoms with van der Waals surface area (Å²) in [6.07, 6.45) is -0.771. The number of aromatic nitrogens is 1. The Hall–Kier alpha value is -3.59. The predicted molar refractivity (Wildman–Crippen MR) is 119 cm³/mol. The first-order valence-corrected chi connectivity index (χ1v) is 11.0. The number of hydrogen-bond acceptors (Lipinski definition) is 6. The van der Waals surface area contributed by atoms with E-state index in [1.165, 1.54) is 12.1 Å². The number of fused-ring (bicyclic) bond motifs is 1. The molecule has 2 atom stereocenters. The Labute approximate surface area is 188 Å². The zero-order valence-corrected chi connectivity index (χ0v) is 17.8. The van der Waals surface area contributed by atoms with Gasteiger partial charge >= 0.3 is 6.09 Å². The van der Waals surface area contributed by atoms with Crippen molar-refractivity contribution in [3.8, 4) is 11.5 Å². The smallest absolute Gasteiger partial charge is 0.414 e. The standard InChI is InChI=1S/C24H22FN3O5/c25-18-4-1-14-2-6-21(29)28-12-15(22(18)23(14)28)10-26-11-17-13-27(24(30)33-17)16-3-5-19-20(9-16)32-8-7-31-19/h1-6,9,15,17,26H,7-8,10-13H2/t15-,17+/m0/s1. The van der Waals surface area contributed by atoms with Gasteiger partial charge in [-0.15, -0.1) is 0 Å². The predicted octanol–water partition coefficient (Wildman–Crippen LogP) is 2.62. The molecule has 2 aromatic carbocycles. The quantitative estimate of drug-likeness (QED) is 0.642. The summed E-state index contributed by atoms with van der Waals surface area (Å²) >= 11 is 0. The number of carbonyl (C=O) groups excluding carboxylic acids is 1. The average molecular weight is 451 g/mol. The number of halogens is 1. The molecule has 1 saturated heterocycles. The monoisotopic (exact) mass is 451 g/mol. The van der Waals surface area contributed by atoms with Crippen molar-refractivity contribution in [2.45, 2.75) is 18.6 Å². The van der Waals surface area contributed by atoms with Crippen LogP contribution in [0.1, 0.15) is 11.5 Å². The number of rotatable bonds is 5. The van der Waals surface area contributed by atoms with Gasteiger partial charge in [-0.25, -0.2) is 9.18 Å². The van der Waals surface area contributed by atoms with Crippen molar-refractivity contribution in [2.24, 2.45) is 0 Å². The number of nitrogens with zero attached hydrogens (tertiary/aromatic N) is 2. The number of nitrogens with one attached hydrogen (secondary N) is 1. The molecule has 0 spiro atoms. The van der Waals surface area contributed by atoms with Gasteiger partial charge < -0.3 is 24.1 Å². The average Bonchev–Trinajstić information content (AvgIpc) is 3.40. The zero-order chi connectivity index (χ0) is 22.5. The maximum atomic E-state index is 14.6. The molecule has 0 unspecified atom stereocenters. The summed E-state index contributed by atoms with van der Waals surface area (Å²) < 4.78 is 32.9. The van der Waals surface area contributed by atoms with Crippen LogP contribution in [-0.4, -0.2) is 49.6 Å². The van der Waals surface area contributed by atoms with E-state index in [1.807, 2.05) is 6.07 Å². The number of ether oxygens (including phenoxy) is 3. The second-order valence-corrected chi connectivity index (χ2v) is 8.48. The summed E-state index contributed by atoms with van der Waals surface area (Å²) in [6, 6.07) is 11.8. The van der Waals surface area contributed by atoms with Crippen LogP contribution in [0, 0.1) is 5.82 Å². The highest BCUT2D eigenvalue weighted by Gasteiger charge is 2.34. The number of carbonyl (C=O) groups is 1. The summed E-state index contributed by atoms with van der Waals surface area (Å²) in [5.41, 5.74) is 1.80. The highest BCUT2D eigenvalue weighted by Crippen LogP contribution is 2.36. The van der Waals surface area contributed by atoms with E-state index in [1.54, 1.807) is 33.7 Å². The molecule has 8 nitrogen and oxygen atoms in total. The molecule has 9 heteroatoms. The van der Waals surface area contributed by atoms with E-state index in [0.29, 0.717) is 67.7 Å². The van der Waals surface area contributed by atoms with Crippen LogP contribution in [0.25, 0.3) is 10.9 Å². The van der Waals surface area contributed by atoms with Gasteiger partial charge in [0.2, 0.25) is 0 Å². The van der Waals surface area contributed by atoms with Crippen LogP contribution in [0.5, 0.6) is 11.5 Å². The number of pyridine rings is 1. The first kappa shape index (κ1) is 20.0. The zero-order valence-electron chi connectivity index (χ0n) is 17.8. The van der Waals surface area contributed by atoms with Crippen molar-refractivity contribution in [3.63, 3.8) is 0 Å². The lowest BCUT2D eigenvalue weighted by Gasteiger charge is -2.21. The molecule has 0 aliphatic carbocycles. The highest BCUT2D eigenvalue weighted by atomic mass is 19.1. The molecule has 1 amide bonds. The van der Waals surface area contributed by atoms with Crippen molar-refractivity contribution in [3.05, 3.63) is 64.2 Å². The van der Waals surface area contributed by atoms with Gasteiger partial charge in [0.25, 0.3) is 5.56 Å². The van der Waals surface area contributed by atoms with E-state index in [-0.39, 0.29) is 23.4 Å². The summed E-state index contributed by atoms with van der Waals surface area (Å²) in [7, 11) is 0. The third kappa shape index (κ3) is 3.39. The fourth-order valence-electron chi connectivity index (χ4n) is 4.90. The summed E-state index contributed by atoms with van der Waals surface area (Å²) in [5, 5.41) is 4.16. The van der Waals surface area contributed by atoms with Crippen molar-refractivity contribution in [2.75, 3.05) is 37.7 Å². The van der Waals surface area contributed by atoms with Crippen LogP contribution in [-0.2, 0) is 11.3 Å². The molecule has 1 aromatic heterocycles. The van der Waals surface area contributed by atoms with Gasteiger partial charge in [-0.3, -0.25) is 9.69 Å². The lowest BCUT2D eigenvalue weighted by molar-refractivity contribution is 0.140. The Morgan fingerprint density at radius 2 is 1.79 bits per heavy atom. The fraction of sp³-hybridized carbons (Fsp3) is 0.333. The molecule has 0 bridgehead atoms. The summed E-state index contributed by atoms with van der Waals surface area (Å²) in [4.78, 5) is 26.3. The molecule has 4 heterocycles. The highest BCUT2D eigenvalue weighted by molar-refractivity contribution is 5.90. The third-order valence-electron chi connectivity index (χ3n) is 6.42. The van der Waals surface area contributed by atoms with E-state index in [4.69, 9.17) is 14.2 Å². The van der Waals surface area contributed by atoms with E-state index < -0.39 is 6.09 Å². The lowest BCUT2D eigenvalue weighted by atomic mass is 9.99. The largest absolute Gasteiger partial charge is 0.486 e. The van der Waals surface area contributed by atoms with E-state index in [2.05, 4.69) is 5.32 Å². The van der Waals surface area contributed by atoms with Gasteiger partial charge in [0.15, 0.2) is 11.5 Å². The number of amides is 1. The minimum Gasteiger partial charge on any atom is -0.486 e. The molecule has 1 fully saturated rings. The van der Waals surface area contributed by atoms with Gasteiger partial charge in [0.1, 0.15) is 25.1 Å². The van der Waals surface area contributed by atoms with Crippen LogP contribution in [0.3, 0.4) is 0 Å². The van der Waals surface area contributed by atoms with E-state index in [9.17, 15) is 14.0 Å². The normalized spacial score (nSPS) is 21.0. The fourth-order valence-corrected chi connectivity index (χ4v) is 4.90. The molecule has 33 heavy (non-hydrogen) atoms. The second kappa shape index (κ2) is 7.77. The van der Waals surface area contributed by atoms with Crippen LogP contribution < -0.4 is 25.2 Å². The van der Waals surface area contributed by atoms with Crippen LogP contribution in [0.15, 0.2) is 47.3 Å². The Balaban J connectivity index is 1.12. The van der Waals surface area contributed by atoms with Gasteiger partial charge in [-0.2, -0.15) is 0 Å². The molecule has 3 aromatic rings. The number of hydrogen-bond donors (Lipinski definition) is 1. The van der Waals surface area contributed by atoms with Crippen molar-refractivity contribution in [1.82, 2.24) is 9.88 Å². The molecule has 0 radical (unpaired) electrons. The van der Waals surface area contributed by atoms with E-state index >= 15 is 0 Å². The van der Waals surface area contributed by atoms with Crippen LogP contribution in [0.4, 0.5) is 14.9 Å². The van der Waals surface area contributed by atoms with Gasteiger partial charge in [0, 0.05) is 43.2 Å².